The molecule has 1 heterocycles. The Labute approximate surface area is 107 Å². The third kappa shape index (κ3) is 2.50. The van der Waals surface area contributed by atoms with Gasteiger partial charge >= 0.3 is 0 Å². The minimum absolute atomic E-state index is 0.0858. The van der Waals surface area contributed by atoms with Crippen molar-refractivity contribution in [1.82, 2.24) is 0 Å². The molecule has 1 aliphatic heterocycles. The van der Waals surface area contributed by atoms with Crippen LogP contribution in [-0.2, 0) is 9.53 Å². The summed E-state index contributed by atoms with van der Waals surface area (Å²) in [6, 6.07) is 2.91. The van der Waals surface area contributed by atoms with Crippen molar-refractivity contribution >= 4 is 21.7 Å². The third-order valence-corrected chi connectivity index (χ3v) is 3.36. The van der Waals surface area contributed by atoms with E-state index in [1.54, 1.807) is 6.07 Å². The molecule has 0 aromatic heterocycles. The van der Waals surface area contributed by atoms with Gasteiger partial charge in [0.1, 0.15) is 17.3 Å². The van der Waals surface area contributed by atoms with Crippen molar-refractivity contribution in [1.29, 1.82) is 0 Å². The number of hydrogen-bond donors (Lipinski definition) is 0. The van der Waals surface area contributed by atoms with Crippen molar-refractivity contribution in [2.45, 2.75) is 18.9 Å². The first-order chi connectivity index (χ1) is 8.13. The van der Waals surface area contributed by atoms with E-state index in [1.807, 2.05) is 0 Å². The van der Waals surface area contributed by atoms with Crippen molar-refractivity contribution in [3.8, 4) is 5.75 Å². The van der Waals surface area contributed by atoms with Crippen molar-refractivity contribution < 1.29 is 18.7 Å². The molecule has 0 saturated carbocycles. The number of methoxy groups -OCH3 is 1. The van der Waals surface area contributed by atoms with Crippen LogP contribution >= 0.6 is 15.9 Å². The zero-order valence-electron chi connectivity index (χ0n) is 9.33. The zero-order valence-corrected chi connectivity index (χ0v) is 10.9. The molecule has 1 aromatic rings. The van der Waals surface area contributed by atoms with Gasteiger partial charge in [-0.25, -0.2) is 4.39 Å². The van der Waals surface area contributed by atoms with E-state index >= 15 is 0 Å². The van der Waals surface area contributed by atoms with Gasteiger partial charge in [-0.3, -0.25) is 4.79 Å². The highest BCUT2D eigenvalue weighted by atomic mass is 79.9. The molecule has 1 aromatic carbocycles. The normalized spacial score (nSPS) is 20.4. The Kier molecular flexibility index (Phi) is 3.79. The number of hydrogen-bond acceptors (Lipinski definition) is 3. The summed E-state index contributed by atoms with van der Waals surface area (Å²) in [4.78, 5) is 11.4. The van der Waals surface area contributed by atoms with E-state index in [0.717, 1.165) is 0 Å². The van der Waals surface area contributed by atoms with Crippen LogP contribution in [-0.4, -0.2) is 19.5 Å². The summed E-state index contributed by atoms with van der Waals surface area (Å²) in [7, 11) is 1.47. The van der Waals surface area contributed by atoms with Crippen molar-refractivity contribution in [2.75, 3.05) is 13.7 Å². The molecule has 17 heavy (non-hydrogen) atoms. The summed E-state index contributed by atoms with van der Waals surface area (Å²) < 4.78 is 25.1. The summed E-state index contributed by atoms with van der Waals surface area (Å²) in [6.07, 6.45) is 0.0433. The number of ether oxygens (including phenoxy) is 2. The highest BCUT2D eigenvalue weighted by Gasteiger charge is 2.28. The molecule has 0 N–H and O–H groups in total. The minimum atomic E-state index is -0.552. The van der Waals surface area contributed by atoms with Crippen LogP contribution in [0.4, 0.5) is 4.39 Å². The summed E-state index contributed by atoms with van der Waals surface area (Å²) in [5, 5.41) is 0. The van der Waals surface area contributed by atoms with Crippen LogP contribution in [0.2, 0.25) is 0 Å². The molecule has 92 valence electrons. The number of carbonyl (C=O) groups excluding carboxylic acids is 1. The molecule has 0 bridgehead atoms. The van der Waals surface area contributed by atoms with Crippen molar-refractivity contribution in [2.24, 2.45) is 0 Å². The molecule has 0 amide bonds. The van der Waals surface area contributed by atoms with Gasteiger partial charge in [-0.15, -0.1) is 0 Å². The Hall–Kier alpha value is -0.940. The first-order valence-electron chi connectivity index (χ1n) is 5.28. The van der Waals surface area contributed by atoms with E-state index in [9.17, 15) is 9.18 Å². The Morgan fingerprint density at radius 2 is 2.29 bits per heavy atom. The summed E-state index contributed by atoms with van der Waals surface area (Å²) in [5.41, 5.74) is 0.315. The fraction of sp³-hybridized carbons (Fsp3) is 0.417. The van der Waals surface area contributed by atoms with E-state index in [1.165, 1.54) is 13.2 Å². The van der Waals surface area contributed by atoms with E-state index in [-0.39, 0.29) is 12.2 Å². The molecule has 1 aliphatic rings. The van der Waals surface area contributed by atoms with Gasteiger partial charge in [0.2, 0.25) is 0 Å². The van der Waals surface area contributed by atoms with Crippen molar-refractivity contribution in [3.05, 3.63) is 28.0 Å². The number of Topliss-reactive ketones (excluding diaryl/α,β-unsaturated/α-hetero) is 1. The number of carbonyl (C=O) groups is 1. The zero-order chi connectivity index (χ0) is 12.4. The lowest BCUT2D eigenvalue weighted by Crippen LogP contribution is -2.21. The molecular weight excluding hydrogens is 291 g/mol. The Morgan fingerprint density at radius 1 is 1.53 bits per heavy atom. The van der Waals surface area contributed by atoms with Crippen LogP contribution in [0.25, 0.3) is 0 Å². The second-order valence-corrected chi connectivity index (χ2v) is 4.68. The van der Waals surface area contributed by atoms with Crippen LogP contribution in [0.15, 0.2) is 16.6 Å². The average Bonchev–Trinajstić information content (AvgIpc) is 2.31. The summed E-state index contributed by atoms with van der Waals surface area (Å²) in [6.45, 7) is 0.332. The predicted molar refractivity (Wildman–Crippen MR) is 63.6 cm³/mol. The van der Waals surface area contributed by atoms with Crippen LogP contribution in [0, 0.1) is 5.82 Å². The van der Waals surface area contributed by atoms with E-state index < -0.39 is 11.9 Å². The van der Waals surface area contributed by atoms with E-state index in [2.05, 4.69) is 15.9 Å². The molecule has 0 radical (unpaired) electrons. The van der Waals surface area contributed by atoms with E-state index in [4.69, 9.17) is 9.47 Å². The highest BCUT2D eigenvalue weighted by molar-refractivity contribution is 9.10. The van der Waals surface area contributed by atoms with Crippen LogP contribution in [0.5, 0.6) is 5.75 Å². The monoisotopic (exact) mass is 302 g/mol. The van der Waals surface area contributed by atoms with Crippen LogP contribution in [0.1, 0.15) is 24.5 Å². The maximum Gasteiger partial charge on any atom is 0.141 e. The van der Waals surface area contributed by atoms with Gasteiger partial charge in [0.05, 0.1) is 29.9 Å². The Morgan fingerprint density at radius 3 is 2.94 bits per heavy atom. The quantitative estimate of drug-likeness (QED) is 0.842. The SMILES string of the molecule is COc1c(Br)ccc(F)c1C1CC(=O)CCO1. The summed E-state index contributed by atoms with van der Waals surface area (Å²) >= 11 is 3.29. The number of benzene rings is 1. The highest BCUT2D eigenvalue weighted by Crippen LogP contribution is 2.39. The Balaban J connectivity index is 2.42. The molecule has 0 aliphatic carbocycles. The molecule has 2 rings (SSSR count). The largest absolute Gasteiger partial charge is 0.495 e. The maximum absolute atomic E-state index is 13.8. The number of rotatable bonds is 2. The standard InChI is InChI=1S/C12H12BrFO3/c1-16-12-8(13)2-3-9(14)11(12)10-6-7(15)4-5-17-10/h2-3,10H,4-6H2,1H3. The molecule has 1 saturated heterocycles. The van der Waals surface area contributed by atoms with Gasteiger partial charge in [0, 0.05) is 12.8 Å². The molecular formula is C12H12BrFO3. The molecule has 1 fully saturated rings. The molecule has 1 unspecified atom stereocenters. The van der Waals surface area contributed by atoms with Crippen LogP contribution in [0.3, 0.4) is 0 Å². The van der Waals surface area contributed by atoms with E-state index in [0.29, 0.717) is 28.8 Å². The number of halogens is 2. The first kappa shape index (κ1) is 12.5. The predicted octanol–water partition coefficient (Wildman–Crippen LogP) is 3.02. The lowest BCUT2D eigenvalue weighted by Gasteiger charge is -2.24. The molecule has 0 spiro atoms. The smallest absolute Gasteiger partial charge is 0.141 e. The molecule has 1 atom stereocenters. The van der Waals surface area contributed by atoms with Gasteiger partial charge in [0.15, 0.2) is 0 Å². The Bertz CT molecular complexity index is 448. The summed E-state index contributed by atoms with van der Waals surface area (Å²) in [5.74, 6) is 0.0668. The lowest BCUT2D eigenvalue weighted by molar-refractivity contribution is -0.128. The van der Waals surface area contributed by atoms with Gasteiger partial charge in [-0.05, 0) is 28.1 Å². The van der Waals surface area contributed by atoms with Gasteiger partial charge in [-0.1, -0.05) is 0 Å². The molecule has 3 nitrogen and oxygen atoms in total. The molecule has 5 heteroatoms. The first-order valence-corrected chi connectivity index (χ1v) is 6.08. The maximum atomic E-state index is 13.8. The fourth-order valence-corrected chi connectivity index (χ4v) is 2.43. The third-order valence-electron chi connectivity index (χ3n) is 2.73. The average molecular weight is 303 g/mol. The van der Waals surface area contributed by atoms with Crippen LogP contribution < -0.4 is 4.74 Å². The van der Waals surface area contributed by atoms with Gasteiger partial charge in [0.25, 0.3) is 0 Å². The second-order valence-electron chi connectivity index (χ2n) is 3.83. The fourth-order valence-electron chi connectivity index (χ4n) is 1.92. The lowest BCUT2D eigenvalue weighted by atomic mass is 9.99. The topological polar surface area (TPSA) is 35.5 Å². The van der Waals surface area contributed by atoms with Crippen molar-refractivity contribution in [3.63, 3.8) is 0 Å². The van der Waals surface area contributed by atoms with Gasteiger partial charge < -0.3 is 9.47 Å². The van der Waals surface area contributed by atoms with Gasteiger partial charge in [-0.2, -0.15) is 0 Å². The minimum Gasteiger partial charge on any atom is -0.495 e. The second kappa shape index (κ2) is 5.14. The number of ketones is 1.